The molecule has 0 aromatic carbocycles. The van der Waals surface area contributed by atoms with Crippen molar-refractivity contribution in [3.63, 3.8) is 0 Å². The van der Waals surface area contributed by atoms with Crippen molar-refractivity contribution in [1.82, 2.24) is 4.90 Å². The van der Waals surface area contributed by atoms with Crippen molar-refractivity contribution in [2.24, 2.45) is 0 Å². The molecule has 0 fully saturated rings. The van der Waals surface area contributed by atoms with E-state index in [-0.39, 0.29) is 18.4 Å². The lowest BCUT2D eigenvalue weighted by molar-refractivity contribution is -0.148. The normalized spacial score (nSPS) is 9.94. The number of rotatable bonds is 8. The van der Waals surface area contributed by atoms with Crippen LogP contribution in [0, 0.1) is 0 Å². The summed E-state index contributed by atoms with van der Waals surface area (Å²) in [5.74, 6) is -0.392. The second-order valence-corrected chi connectivity index (χ2v) is 3.31. The number of nitrogens with zero attached hydrogens (tertiary/aromatic N) is 1. The van der Waals surface area contributed by atoms with Crippen molar-refractivity contribution in [3.05, 3.63) is 0 Å². The first kappa shape index (κ1) is 14.9. The van der Waals surface area contributed by atoms with E-state index >= 15 is 0 Å². The maximum Gasteiger partial charge on any atom is 0.325 e. The molecule has 0 saturated heterocycles. The molecule has 5 nitrogen and oxygen atoms in total. The van der Waals surface area contributed by atoms with Gasteiger partial charge in [-0.15, -0.1) is 0 Å². The van der Waals surface area contributed by atoms with Crippen LogP contribution in [0.3, 0.4) is 0 Å². The summed E-state index contributed by atoms with van der Waals surface area (Å²) in [6, 6.07) is 0. The molecule has 0 N–H and O–H groups in total. The summed E-state index contributed by atoms with van der Waals surface area (Å²) in [4.78, 5) is 24.4. The Morgan fingerprint density at radius 1 is 1.25 bits per heavy atom. The monoisotopic (exact) mass is 231 g/mol. The fourth-order valence-corrected chi connectivity index (χ4v) is 1.26. The molecule has 0 spiro atoms. The largest absolute Gasteiger partial charge is 0.465 e. The van der Waals surface area contributed by atoms with Crippen LogP contribution in [0.15, 0.2) is 0 Å². The molecule has 0 aliphatic rings. The highest BCUT2D eigenvalue weighted by atomic mass is 16.5. The van der Waals surface area contributed by atoms with E-state index < -0.39 is 0 Å². The maximum absolute atomic E-state index is 11.7. The smallest absolute Gasteiger partial charge is 0.325 e. The number of amides is 1. The minimum absolute atomic E-state index is 0.0346. The lowest BCUT2D eigenvalue weighted by atomic mass is 10.3. The number of hydrogen-bond donors (Lipinski definition) is 0. The molecule has 5 heteroatoms. The molecule has 94 valence electrons. The second-order valence-electron chi connectivity index (χ2n) is 3.31. The van der Waals surface area contributed by atoms with E-state index in [4.69, 9.17) is 9.47 Å². The van der Waals surface area contributed by atoms with Gasteiger partial charge < -0.3 is 14.4 Å². The molecule has 0 aromatic heterocycles. The molecule has 0 unspecified atom stereocenters. The van der Waals surface area contributed by atoms with Crippen molar-refractivity contribution in [1.29, 1.82) is 0 Å². The Bertz CT molecular complexity index is 218. The van der Waals surface area contributed by atoms with Gasteiger partial charge in [-0.1, -0.05) is 0 Å². The third-order valence-electron chi connectivity index (χ3n) is 2.10. The van der Waals surface area contributed by atoms with Gasteiger partial charge in [0.1, 0.15) is 6.54 Å². The number of likely N-dealkylation sites (N-methyl/N-ethyl adjacent to an activating group) is 1. The Kier molecular flexibility index (Phi) is 8.52. The van der Waals surface area contributed by atoms with Gasteiger partial charge >= 0.3 is 5.97 Å². The molecule has 0 radical (unpaired) electrons. The highest BCUT2D eigenvalue weighted by Gasteiger charge is 2.15. The second kappa shape index (κ2) is 9.15. The van der Waals surface area contributed by atoms with E-state index in [1.54, 1.807) is 14.0 Å². The van der Waals surface area contributed by atoms with Crippen LogP contribution < -0.4 is 0 Å². The van der Waals surface area contributed by atoms with Gasteiger partial charge in [0, 0.05) is 26.7 Å². The van der Waals surface area contributed by atoms with Crippen LogP contribution >= 0.6 is 0 Å². The van der Waals surface area contributed by atoms with E-state index in [0.717, 1.165) is 0 Å². The van der Waals surface area contributed by atoms with Crippen LogP contribution in [0.5, 0.6) is 0 Å². The lowest BCUT2D eigenvalue weighted by Crippen LogP contribution is -2.36. The van der Waals surface area contributed by atoms with Gasteiger partial charge in [0.15, 0.2) is 0 Å². The highest BCUT2D eigenvalue weighted by Crippen LogP contribution is 1.99. The van der Waals surface area contributed by atoms with Crippen LogP contribution in [0.4, 0.5) is 0 Å². The lowest BCUT2D eigenvalue weighted by Gasteiger charge is -2.19. The van der Waals surface area contributed by atoms with Gasteiger partial charge in [-0.25, -0.2) is 0 Å². The number of esters is 1. The third-order valence-corrected chi connectivity index (χ3v) is 2.10. The minimum atomic E-state index is -0.357. The van der Waals surface area contributed by atoms with Crippen molar-refractivity contribution >= 4 is 11.9 Å². The SMILES string of the molecule is CCOC(=O)CN(CC)C(=O)CCCOC. The number of carbonyl (C=O) groups is 2. The summed E-state index contributed by atoms with van der Waals surface area (Å²) in [5.41, 5.74) is 0. The van der Waals surface area contributed by atoms with Crippen LogP contribution in [0.2, 0.25) is 0 Å². The number of ether oxygens (including phenoxy) is 2. The molecule has 0 aliphatic heterocycles. The van der Waals surface area contributed by atoms with Crippen molar-refractivity contribution in [3.8, 4) is 0 Å². The highest BCUT2D eigenvalue weighted by molar-refractivity contribution is 5.82. The van der Waals surface area contributed by atoms with Gasteiger partial charge in [0.05, 0.1) is 6.61 Å². The van der Waals surface area contributed by atoms with E-state index in [9.17, 15) is 9.59 Å². The zero-order chi connectivity index (χ0) is 12.4. The Balaban J connectivity index is 3.96. The zero-order valence-electron chi connectivity index (χ0n) is 10.3. The van der Waals surface area contributed by atoms with Crippen LogP contribution in [-0.4, -0.2) is 50.2 Å². The Hall–Kier alpha value is -1.10. The van der Waals surface area contributed by atoms with Gasteiger partial charge in [0.25, 0.3) is 0 Å². The Labute approximate surface area is 96.7 Å². The van der Waals surface area contributed by atoms with E-state index in [1.165, 1.54) is 4.90 Å². The summed E-state index contributed by atoms with van der Waals surface area (Å²) >= 11 is 0. The van der Waals surface area contributed by atoms with Crippen molar-refractivity contribution in [2.45, 2.75) is 26.7 Å². The number of hydrogen-bond acceptors (Lipinski definition) is 4. The molecule has 0 heterocycles. The predicted octanol–water partition coefficient (Wildman–Crippen LogP) is 0.825. The summed E-state index contributed by atoms with van der Waals surface area (Å²) in [6.07, 6.45) is 1.08. The molecule has 0 rings (SSSR count). The standard InChI is InChI=1S/C11H21NO4/c1-4-12(9-11(14)16-5-2)10(13)7-6-8-15-3/h4-9H2,1-3H3. The van der Waals surface area contributed by atoms with Gasteiger partial charge in [0.2, 0.25) is 5.91 Å². The Morgan fingerprint density at radius 2 is 1.94 bits per heavy atom. The number of methoxy groups -OCH3 is 1. The first-order valence-corrected chi connectivity index (χ1v) is 5.58. The third kappa shape index (κ3) is 6.40. The molecule has 0 aromatic rings. The van der Waals surface area contributed by atoms with E-state index in [1.807, 2.05) is 6.92 Å². The van der Waals surface area contributed by atoms with Crippen LogP contribution in [0.1, 0.15) is 26.7 Å². The first-order valence-electron chi connectivity index (χ1n) is 5.58. The van der Waals surface area contributed by atoms with Crippen molar-refractivity contribution < 1.29 is 19.1 Å². The van der Waals surface area contributed by atoms with Crippen molar-refractivity contribution in [2.75, 3.05) is 33.4 Å². The van der Waals surface area contributed by atoms with E-state index in [2.05, 4.69) is 0 Å². The minimum Gasteiger partial charge on any atom is -0.465 e. The zero-order valence-corrected chi connectivity index (χ0v) is 10.3. The molecule has 0 bridgehead atoms. The van der Waals surface area contributed by atoms with Gasteiger partial charge in [-0.2, -0.15) is 0 Å². The average molecular weight is 231 g/mol. The van der Waals surface area contributed by atoms with Crippen LogP contribution in [-0.2, 0) is 19.1 Å². The quantitative estimate of drug-likeness (QED) is 0.458. The summed E-state index contributed by atoms with van der Waals surface area (Å²) in [5, 5.41) is 0. The van der Waals surface area contributed by atoms with E-state index in [0.29, 0.717) is 32.6 Å². The van der Waals surface area contributed by atoms with Gasteiger partial charge in [-0.05, 0) is 20.3 Å². The topological polar surface area (TPSA) is 55.8 Å². The fourth-order valence-electron chi connectivity index (χ4n) is 1.26. The fraction of sp³-hybridized carbons (Fsp3) is 0.818. The molecule has 1 amide bonds. The molecule has 16 heavy (non-hydrogen) atoms. The summed E-state index contributed by atoms with van der Waals surface area (Å²) in [7, 11) is 1.60. The number of carbonyl (C=O) groups excluding carboxylic acids is 2. The van der Waals surface area contributed by atoms with Crippen LogP contribution in [0.25, 0.3) is 0 Å². The predicted molar refractivity (Wildman–Crippen MR) is 60.0 cm³/mol. The summed E-state index contributed by atoms with van der Waals surface area (Å²) < 4.78 is 9.66. The Morgan fingerprint density at radius 3 is 2.44 bits per heavy atom. The molecule has 0 saturated carbocycles. The molecule has 0 atom stereocenters. The maximum atomic E-state index is 11.7. The molecular formula is C11H21NO4. The summed E-state index contributed by atoms with van der Waals surface area (Å²) in [6.45, 7) is 5.04. The first-order chi connectivity index (χ1) is 7.65. The molecule has 0 aliphatic carbocycles. The average Bonchev–Trinajstić information content (AvgIpc) is 2.26. The van der Waals surface area contributed by atoms with Gasteiger partial charge in [-0.3, -0.25) is 9.59 Å². The molecular weight excluding hydrogens is 210 g/mol.